The van der Waals surface area contributed by atoms with Gasteiger partial charge in [-0.3, -0.25) is 0 Å². The lowest BCUT2D eigenvalue weighted by atomic mass is 10.1. The maximum Gasteiger partial charge on any atom is 0.338 e. The van der Waals surface area contributed by atoms with Crippen LogP contribution in [0.1, 0.15) is 16.1 Å². The summed E-state index contributed by atoms with van der Waals surface area (Å²) >= 11 is 0. The normalized spacial score (nSPS) is 10.4. The van der Waals surface area contributed by atoms with Crippen molar-refractivity contribution >= 4 is 5.97 Å². The van der Waals surface area contributed by atoms with Crippen molar-refractivity contribution in [1.29, 1.82) is 0 Å². The predicted molar refractivity (Wildman–Crippen MR) is 90.6 cm³/mol. The van der Waals surface area contributed by atoms with Gasteiger partial charge in [-0.2, -0.15) is 0 Å². The molecule has 0 saturated heterocycles. The highest BCUT2D eigenvalue weighted by Crippen LogP contribution is 2.25. The third-order valence-corrected chi connectivity index (χ3v) is 3.64. The Hall–Kier alpha value is -3.35. The van der Waals surface area contributed by atoms with Crippen LogP contribution in [0, 0.1) is 5.82 Å². The van der Waals surface area contributed by atoms with Gasteiger partial charge in [-0.05, 0) is 24.3 Å². The number of nitrogens with zero attached hydrogens (tertiary/aromatic N) is 1. The molecule has 2 aromatic carbocycles. The van der Waals surface area contributed by atoms with Crippen LogP contribution in [0.25, 0.3) is 11.3 Å². The van der Waals surface area contributed by atoms with Crippen LogP contribution in [0.2, 0.25) is 0 Å². The van der Waals surface area contributed by atoms with Crippen molar-refractivity contribution in [3.63, 3.8) is 0 Å². The van der Waals surface area contributed by atoms with E-state index in [4.69, 9.17) is 18.7 Å². The fourth-order valence-corrected chi connectivity index (χ4v) is 2.32. The Labute approximate surface area is 149 Å². The van der Waals surface area contributed by atoms with E-state index in [2.05, 4.69) is 5.16 Å². The van der Waals surface area contributed by atoms with Crippen molar-refractivity contribution in [3.8, 4) is 22.8 Å². The number of esters is 1. The molecular formula is C19H16FNO5. The van der Waals surface area contributed by atoms with Crippen molar-refractivity contribution < 1.29 is 27.9 Å². The van der Waals surface area contributed by atoms with Crippen LogP contribution in [-0.4, -0.2) is 25.3 Å². The van der Waals surface area contributed by atoms with Gasteiger partial charge in [0.25, 0.3) is 0 Å². The first-order chi connectivity index (χ1) is 12.6. The minimum atomic E-state index is -0.572. The van der Waals surface area contributed by atoms with Gasteiger partial charge in [0.05, 0.1) is 25.3 Å². The number of carbonyl (C=O) groups is 1. The standard InChI is InChI=1S/C19H16FNO5/c1-23-14-7-12(8-15(10-14)24-2)19(22)25-11-13-9-18(26-21-13)16-5-3-4-6-17(16)20/h3-10H,11H2,1-2H3. The zero-order valence-electron chi connectivity index (χ0n) is 14.2. The maximum atomic E-state index is 13.8. The van der Waals surface area contributed by atoms with Gasteiger partial charge in [0.15, 0.2) is 5.76 Å². The van der Waals surface area contributed by atoms with E-state index in [1.807, 2.05) is 0 Å². The summed E-state index contributed by atoms with van der Waals surface area (Å²) in [5.41, 5.74) is 0.931. The second-order valence-electron chi connectivity index (χ2n) is 5.34. The first-order valence-electron chi connectivity index (χ1n) is 7.71. The number of carbonyl (C=O) groups excluding carboxylic acids is 1. The van der Waals surface area contributed by atoms with Crippen LogP contribution in [0.15, 0.2) is 53.1 Å². The first-order valence-corrected chi connectivity index (χ1v) is 7.71. The molecule has 0 N–H and O–H groups in total. The summed E-state index contributed by atoms with van der Waals surface area (Å²) in [4.78, 5) is 12.2. The molecule has 0 bridgehead atoms. The van der Waals surface area contributed by atoms with Gasteiger partial charge in [-0.1, -0.05) is 17.3 Å². The van der Waals surface area contributed by atoms with Gasteiger partial charge in [0.2, 0.25) is 0 Å². The highest BCUT2D eigenvalue weighted by Gasteiger charge is 2.14. The molecule has 134 valence electrons. The number of aromatic nitrogens is 1. The van der Waals surface area contributed by atoms with Crippen LogP contribution in [-0.2, 0) is 11.3 Å². The van der Waals surface area contributed by atoms with Gasteiger partial charge >= 0.3 is 5.97 Å². The molecule has 3 aromatic rings. The van der Waals surface area contributed by atoms with Crippen molar-refractivity contribution in [3.05, 3.63) is 65.6 Å². The molecule has 0 unspecified atom stereocenters. The molecule has 0 spiro atoms. The lowest BCUT2D eigenvalue weighted by Gasteiger charge is -2.08. The van der Waals surface area contributed by atoms with Crippen LogP contribution in [0.5, 0.6) is 11.5 Å². The Morgan fingerprint density at radius 2 is 1.77 bits per heavy atom. The SMILES string of the molecule is COc1cc(OC)cc(C(=O)OCc2cc(-c3ccccc3F)on2)c1. The lowest BCUT2D eigenvalue weighted by Crippen LogP contribution is -2.06. The minimum absolute atomic E-state index is 0.115. The van der Waals surface area contributed by atoms with Gasteiger partial charge in [-0.25, -0.2) is 9.18 Å². The van der Waals surface area contributed by atoms with E-state index in [1.165, 1.54) is 26.4 Å². The largest absolute Gasteiger partial charge is 0.497 e. The lowest BCUT2D eigenvalue weighted by molar-refractivity contribution is 0.0463. The average Bonchev–Trinajstić information content (AvgIpc) is 3.14. The number of ether oxygens (including phenoxy) is 3. The molecule has 7 heteroatoms. The second-order valence-corrected chi connectivity index (χ2v) is 5.34. The zero-order valence-corrected chi connectivity index (χ0v) is 14.2. The molecular weight excluding hydrogens is 341 g/mol. The summed E-state index contributed by atoms with van der Waals surface area (Å²) in [6, 6.07) is 12.4. The number of hydrogen-bond acceptors (Lipinski definition) is 6. The van der Waals surface area contributed by atoms with Gasteiger partial charge in [0.1, 0.15) is 29.6 Å². The van der Waals surface area contributed by atoms with Gasteiger partial charge in [-0.15, -0.1) is 0 Å². The monoisotopic (exact) mass is 357 g/mol. The van der Waals surface area contributed by atoms with Crippen molar-refractivity contribution in [2.75, 3.05) is 14.2 Å². The number of methoxy groups -OCH3 is 2. The van der Waals surface area contributed by atoms with Crippen LogP contribution < -0.4 is 9.47 Å². The Bertz CT molecular complexity index is 900. The quantitative estimate of drug-likeness (QED) is 0.624. The summed E-state index contributed by atoms with van der Waals surface area (Å²) in [6.45, 7) is -0.115. The molecule has 0 atom stereocenters. The molecule has 1 aromatic heterocycles. The van der Waals surface area contributed by atoms with Gasteiger partial charge in [0, 0.05) is 12.1 Å². The summed E-state index contributed by atoms with van der Waals surface area (Å²) in [6.07, 6.45) is 0. The Morgan fingerprint density at radius 1 is 1.08 bits per heavy atom. The van der Waals surface area contributed by atoms with E-state index < -0.39 is 11.8 Å². The molecule has 0 fully saturated rings. The van der Waals surface area contributed by atoms with E-state index >= 15 is 0 Å². The molecule has 0 saturated carbocycles. The number of hydrogen-bond donors (Lipinski definition) is 0. The van der Waals surface area contributed by atoms with E-state index in [0.717, 1.165) is 0 Å². The molecule has 1 heterocycles. The first kappa shape index (κ1) is 17.5. The topological polar surface area (TPSA) is 70.8 Å². The van der Waals surface area contributed by atoms with Crippen molar-refractivity contribution in [2.45, 2.75) is 6.61 Å². The van der Waals surface area contributed by atoms with Crippen LogP contribution in [0.3, 0.4) is 0 Å². The molecule has 26 heavy (non-hydrogen) atoms. The maximum absolute atomic E-state index is 13.8. The highest BCUT2D eigenvalue weighted by atomic mass is 19.1. The number of halogens is 1. The molecule has 0 aliphatic rings. The summed E-state index contributed by atoms with van der Waals surface area (Å²) in [5, 5.41) is 3.80. The predicted octanol–water partition coefficient (Wildman–Crippen LogP) is 3.85. The fraction of sp³-hybridized carbons (Fsp3) is 0.158. The molecule has 0 aliphatic heterocycles. The molecule has 0 aliphatic carbocycles. The minimum Gasteiger partial charge on any atom is -0.497 e. The van der Waals surface area contributed by atoms with E-state index in [-0.39, 0.29) is 23.5 Å². The van der Waals surface area contributed by atoms with Gasteiger partial charge < -0.3 is 18.7 Å². The Morgan fingerprint density at radius 3 is 2.42 bits per heavy atom. The zero-order chi connectivity index (χ0) is 18.5. The second kappa shape index (κ2) is 7.69. The summed E-state index contributed by atoms with van der Waals surface area (Å²) < 4.78 is 34.4. The summed E-state index contributed by atoms with van der Waals surface area (Å²) in [7, 11) is 2.98. The van der Waals surface area contributed by atoms with E-state index in [0.29, 0.717) is 17.2 Å². The third-order valence-electron chi connectivity index (χ3n) is 3.64. The average molecular weight is 357 g/mol. The highest BCUT2D eigenvalue weighted by molar-refractivity contribution is 5.90. The molecule has 6 nitrogen and oxygen atoms in total. The van der Waals surface area contributed by atoms with Crippen LogP contribution >= 0.6 is 0 Å². The smallest absolute Gasteiger partial charge is 0.338 e. The number of benzene rings is 2. The fourth-order valence-electron chi connectivity index (χ4n) is 2.32. The molecule has 3 rings (SSSR count). The Balaban J connectivity index is 1.70. The van der Waals surface area contributed by atoms with Crippen molar-refractivity contribution in [2.24, 2.45) is 0 Å². The number of rotatable bonds is 6. The third kappa shape index (κ3) is 3.83. The van der Waals surface area contributed by atoms with Crippen molar-refractivity contribution in [1.82, 2.24) is 5.16 Å². The van der Waals surface area contributed by atoms with Crippen LogP contribution in [0.4, 0.5) is 4.39 Å². The molecule has 0 radical (unpaired) electrons. The Kier molecular flexibility index (Phi) is 5.17. The van der Waals surface area contributed by atoms with E-state index in [9.17, 15) is 9.18 Å². The molecule has 0 amide bonds. The summed E-state index contributed by atoms with van der Waals surface area (Å²) in [5.74, 6) is 0.213. The van der Waals surface area contributed by atoms with E-state index in [1.54, 1.807) is 36.4 Å².